The van der Waals surface area contributed by atoms with Gasteiger partial charge in [0.1, 0.15) is 11.5 Å². The molecule has 2 rings (SSSR count). The van der Waals surface area contributed by atoms with Crippen molar-refractivity contribution in [1.29, 1.82) is 0 Å². The van der Waals surface area contributed by atoms with E-state index in [1.54, 1.807) is 12.1 Å². The third-order valence-electron chi connectivity index (χ3n) is 3.51. The molecule has 0 unspecified atom stereocenters. The van der Waals surface area contributed by atoms with Gasteiger partial charge in [-0.05, 0) is 57.9 Å². The first-order chi connectivity index (χ1) is 11.1. The van der Waals surface area contributed by atoms with Crippen LogP contribution in [0.3, 0.4) is 0 Å². The molecule has 1 aromatic heterocycles. The minimum atomic E-state index is -0.335. The van der Waals surface area contributed by atoms with Crippen molar-refractivity contribution in [3.05, 3.63) is 47.7 Å². The van der Waals surface area contributed by atoms with Crippen LogP contribution in [0.4, 0.5) is 0 Å². The molecule has 5 nitrogen and oxygen atoms in total. The summed E-state index contributed by atoms with van der Waals surface area (Å²) in [5, 5.41) is 3.37. The molecule has 0 aliphatic rings. The van der Waals surface area contributed by atoms with Gasteiger partial charge >= 0.3 is 5.97 Å². The summed E-state index contributed by atoms with van der Waals surface area (Å²) in [4.78, 5) is 13.6. The van der Waals surface area contributed by atoms with E-state index < -0.39 is 0 Å². The smallest absolute Gasteiger partial charge is 0.337 e. The van der Waals surface area contributed by atoms with Crippen LogP contribution >= 0.6 is 24.8 Å². The highest BCUT2D eigenvalue weighted by Crippen LogP contribution is 2.22. The number of halogens is 2. The molecule has 0 radical (unpaired) electrons. The lowest BCUT2D eigenvalue weighted by Gasteiger charge is -2.09. The van der Waals surface area contributed by atoms with Crippen LogP contribution in [0.1, 0.15) is 22.5 Å². The Morgan fingerprint density at radius 1 is 1.12 bits per heavy atom. The van der Waals surface area contributed by atoms with Crippen LogP contribution in [-0.2, 0) is 11.3 Å². The van der Waals surface area contributed by atoms with Crippen LogP contribution in [0.15, 0.2) is 40.8 Å². The van der Waals surface area contributed by atoms with Gasteiger partial charge in [0.15, 0.2) is 0 Å². The molecule has 140 valence electrons. The second-order valence-corrected chi connectivity index (χ2v) is 5.67. The van der Waals surface area contributed by atoms with E-state index in [9.17, 15) is 4.79 Å². The van der Waals surface area contributed by atoms with Gasteiger partial charge in [0, 0.05) is 5.56 Å². The highest BCUT2D eigenvalue weighted by Gasteiger charge is 2.08. The first-order valence-electron chi connectivity index (χ1n) is 7.73. The van der Waals surface area contributed by atoms with Crippen LogP contribution in [0.2, 0.25) is 0 Å². The van der Waals surface area contributed by atoms with Crippen LogP contribution in [0.5, 0.6) is 0 Å². The predicted octanol–water partition coefficient (Wildman–Crippen LogP) is 3.62. The van der Waals surface area contributed by atoms with Crippen molar-refractivity contribution in [2.24, 2.45) is 0 Å². The number of benzene rings is 1. The summed E-state index contributed by atoms with van der Waals surface area (Å²) in [6.07, 6.45) is 1.11. The quantitative estimate of drug-likeness (QED) is 0.552. The van der Waals surface area contributed by atoms with Crippen molar-refractivity contribution < 1.29 is 13.9 Å². The van der Waals surface area contributed by atoms with E-state index in [4.69, 9.17) is 9.15 Å². The normalized spacial score (nSPS) is 10.1. The zero-order chi connectivity index (χ0) is 16.7. The van der Waals surface area contributed by atoms with Crippen LogP contribution in [-0.4, -0.2) is 45.2 Å². The van der Waals surface area contributed by atoms with Crippen LogP contribution in [0, 0.1) is 0 Å². The molecule has 1 heterocycles. The first kappa shape index (κ1) is 23.5. The average Bonchev–Trinajstić information content (AvgIpc) is 3.02. The lowest BCUT2D eigenvalue weighted by Crippen LogP contribution is -2.20. The number of nitrogens with one attached hydrogen (secondary N) is 1. The van der Waals surface area contributed by atoms with E-state index in [2.05, 4.69) is 24.3 Å². The van der Waals surface area contributed by atoms with E-state index in [1.165, 1.54) is 7.11 Å². The Morgan fingerprint density at radius 2 is 1.80 bits per heavy atom. The monoisotopic (exact) mass is 388 g/mol. The molecule has 2 aromatic rings. The Morgan fingerprint density at radius 3 is 2.40 bits per heavy atom. The number of esters is 1. The van der Waals surface area contributed by atoms with Crippen LogP contribution in [0.25, 0.3) is 11.3 Å². The molecule has 0 saturated carbocycles. The summed E-state index contributed by atoms with van der Waals surface area (Å²) in [6, 6.07) is 11.1. The molecule has 7 heteroatoms. The third kappa shape index (κ3) is 7.48. The fraction of sp³-hybridized carbons (Fsp3) is 0.389. The Balaban J connectivity index is 0.00000288. The number of carbonyl (C=O) groups excluding carboxylic acids is 1. The molecule has 0 spiro atoms. The highest BCUT2D eigenvalue weighted by molar-refractivity contribution is 5.89. The molecule has 0 amide bonds. The Hall–Kier alpha value is -1.53. The van der Waals surface area contributed by atoms with E-state index in [1.807, 2.05) is 24.3 Å². The van der Waals surface area contributed by atoms with E-state index >= 15 is 0 Å². The summed E-state index contributed by atoms with van der Waals surface area (Å²) >= 11 is 0. The van der Waals surface area contributed by atoms with Gasteiger partial charge in [-0.3, -0.25) is 0 Å². The van der Waals surface area contributed by atoms with E-state index in [0.717, 1.165) is 36.6 Å². The summed E-state index contributed by atoms with van der Waals surface area (Å²) in [7, 11) is 5.52. The van der Waals surface area contributed by atoms with E-state index in [-0.39, 0.29) is 30.8 Å². The van der Waals surface area contributed by atoms with Crippen LogP contribution < -0.4 is 5.32 Å². The number of methoxy groups -OCH3 is 1. The predicted molar refractivity (Wildman–Crippen MR) is 105 cm³/mol. The zero-order valence-electron chi connectivity index (χ0n) is 14.8. The number of ether oxygens (including phenoxy) is 1. The van der Waals surface area contributed by atoms with Gasteiger partial charge < -0.3 is 19.4 Å². The lowest BCUT2D eigenvalue weighted by molar-refractivity contribution is 0.0600. The zero-order valence-corrected chi connectivity index (χ0v) is 16.4. The molecule has 1 aromatic carbocycles. The van der Waals surface area contributed by atoms with Crippen molar-refractivity contribution in [1.82, 2.24) is 10.2 Å². The standard InChI is InChI=1S/C18H24N2O3.2ClH/c1-20(2)12-4-11-19-13-16-9-10-17(23-16)14-5-7-15(8-6-14)18(21)22-3;;/h5-10,19H,4,11-13H2,1-3H3;2*1H. The van der Waals surface area contributed by atoms with Crippen molar-refractivity contribution in [2.45, 2.75) is 13.0 Å². The molecule has 1 N–H and O–H groups in total. The van der Waals surface area contributed by atoms with Crippen molar-refractivity contribution in [3.63, 3.8) is 0 Å². The molecule has 0 fully saturated rings. The fourth-order valence-corrected chi connectivity index (χ4v) is 2.25. The fourth-order valence-electron chi connectivity index (χ4n) is 2.25. The van der Waals surface area contributed by atoms with E-state index in [0.29, 0.717) is 12.1 Å². The molecular weight excluding hydrogens is 363 g/mol. The summed E-state index contributed by atoms with van der Waals surface area (Å²) in [5.74, 6) is 1.37. The maximum absolute atomic E-state index is 11.4. The average molecular weight is 389 g/mol. The number of furan rings is 1. The van der Waals surface area contributed by atoms with Gasteiger partial charge in [-0.2, -0.15) is 0 Å². The van der Waals surface area contributed by atoms with Gasteiger partial charge in [0.25, 0.3) is 0 Å². The molecule has 25 heavy (non-hydrogen) atoms. The second-order valence-electron chi connectivity index (χ2n) is 5.67. The molecule has 0 saturated heterocycles. The third-order valence-corrected chi connectivity index (χ3v) is 3.51. The molecular formula is C18H26Cl2N2O3. The maximum atomic E-state index is 11.4. The van der Waals surface area contributed by atoms with Gasteiger partial charge in [0.2, 0.25) is 0 Å². The molecule has 0 bridgehead atoms. The SMILES string of the molecule is COC(=O)c1ccc(-c2ccc(CNCCCN(C)C)o2)cc1.Cl.Cl. The Bertz CT molecular complexity index is 628. The summed E-state index contributed by atoms with van der Waals surface area (Å²) in [5.41, 5.74) is 1.47. The molecule has 0 aliphatic heterocycles. The summed E-state index contributed by atoms with van der Waals surface area (Å²) < 4.78 is 10.5. The topological polar surface area (TPSA) is 54.7 Å². The number of hydrogen-bond donors (Lipinski definition) is 1. The molecule has 0 aliphatic carbocycles. The van der Waals surface area contributed by atoms with Gasteiger partial charge in [-0.25, -0.2) is 4.79 Å². The highest BCUT2D eigenvalue weighted by atomic mass is 35.5. The second kappa shape index (κ2) is 11.9. The van der Waals surface area contributed by atoms with Gasteiger partial charge in [-0.15, -0.1) is 24.8 Å². The lowest BCUT2D eigenvalue weighted by atomic mass is 10.1. The number of rotatable bonds is 8. The van der Waals surface area contributed by atoms with Gasteiger partial charge in [-0.1, -0.05) is 12.1 Å². The van der Waals surface area contributed by atoms with Crippen molar-refractivity contribution >= 4 is 30.8 Å². The molecule has 0 atom stereocenters. The van der Waals surface area contributed by atoms with Crippen molar-refractivity contribution in [3.8, 4) is 11.3 Å². The van der Waals surface area contributed by atoms with Gasteiger partial charge in [0.05, 0.1) is 19.2 Å². The minimum Gasteiger partial charge on any atom is -0.465 e. The number of nitrogens with zero attached hydrogens (tertiary/aromatic N) is 1. The first-order valence-corrected chi connectivity index (χ1v) is 7.73. The largest absolute Gasteiger partial charge is 0.465 e. The Labute approximate surface area is 161 Å². The maximum Gasteiger partial charge on any atom is 0.337 e. The minimum absolute atomic E-state index is 0. The van der Waals surface area contributed by atoms with Crippen molar-refractivity contribution in [2.75, 3.05) is 34.3 Å². The number of hydrogen-bond acceptors (Lipinski definition) is 5. The Kier molecular flexibility index (Phi) is 11.2. The number of carbonyl (C=O) groups is 1. The summed E-state index contributed by atoms with van der Waals surface area (Å²) in [6.45, 7) is 2.75.